The molecule has 1 aliphatic heterocycles. The van der Waals surface area contributed by atoms with Crippen LogP contribution in [0, 0.1) is 0 Å². The van der Waals surface area contributed by atoms with Gasteiger partial charge >= 0.3 is 0 Å². The third-order valence-corrected chi connectivity index (χ3v) is 5.19. The Bertz CT molecular complexity index is 667. The fraction of sp³-hybridized carbons (Fsp3) is 0.400. The first-order valence-electron chi connectivity index (χ1n) is 8.40. The summed E-state index contributed by atoms with van der Waals surface area (Å²) in [7, 11) is 0. The third kappa shape index (κ3) is 8.35. The van der Waals surface area contributed by atoms with E-state index in [1.165, 1.54) is 10.5 Å². The zero-order chi connectivity index (χ0) is 18.3. The van der Waals surface area contributed by atoms with Crippen LogP contribution in [0.2, 0.25) is 5.02 Å². The molecule has 0 saturated carbocycles. The Hall–Kier alpha value is -0.668. The van der Waals surface area contributed by atoms with E-state index < -0.39 is 5.60 Å². The Morgan fingerprint density at radius 1 is 1.19 bits per heavy atom. The van der Waals surface area contributed by atoms with Crippen LogP contribution in [0.4, 0.5) is 0 Å². The van der Waals surface area contributed by atoms with Gasteiger partial charge in [-0.1, -0.05) is 23.7 Å². The molecular formula is C20H26ClCrNO2S. The van der Waals surface area contributed by atoms with Gasteiger partial charge in [-0.2, -0.15) is 0 Å². The maximum absolute atomic E-state index is 9.84. The van der Waals surface area contributed by atoms with Crippen molar-refractivity contribution in [3.8, 4) is 5.75 Å². The summed E-state index contributed by atoms with van der Waals surface area (Å²) in [4.78, 5) is 3.48. The molecule has 0 spiro atoms. The second-order valence-corrected chi connectivity index (χ2v) is 7.92. The van der Waals surface area contributed by atoms with E-state index in [0.29, 0.717) is 5.75 Å². The minimum atomic E-state index is -0.492. The largest absolute Gasteiger partial charge is 0.508 e. The zero-order valence-electron chi connectivity index (χ0n) is 15.2. The maximum Gasteiger partial charge on any atom is 0.115 e. The number of thioether (sulfide) groups is 1. The molecule has 0 aromatic heterocycles. The molecule has 2 aromatic carbocycles. The second-order valence-electron chi connectivity index (χ2n) is 6.60. The Morgan fingerprint density at radius 3 is 2.42 bits per heavy atom. The van der Waals surface area contributed by atoms with Gasteiger partial charge < -0.3 is 15.1 Å². The number of aliphatic hydroxyl groups is 1. The number of likely N-dealkylation sites (tertiary alicyclic amines) is 1. The predicted octanol–water partition coefficient (Wildman–Crippen LogP) is 4.45. The topological polar surface area (TPSA) is 43.7 Å². The van der Waals surface area contributed by atoms with E-state index in [-0.39, 0.29) is 17.4 Å². The van der Waals surface area contributed by atoms with E-state index in [9.17, 15) is 5.11 Å². The molecule has 3 nitrogen and oxygen atoms in total. The number of aromatic hydroxyl groups is 1. The van der Waals surface area contributed by atoms with E-state index >= 15 is 0 Å². The van der Waals surface area contributed by atoms with Gasteiger partial charge in [-0.25, -0.2) is 0 Å². The summed E-state index contributed by atoms with van der Waals surface area (Å²) in [5.74, 6) is 0.327. The summed E-state index contributed by atoms with van der Waals surface area (Å²) in [5, 5.41) is 19.5. The number of hydrogen-bond donors (Lipinski definition) is 2. The summed E-state index contributed by atoms with van der Waals surface area (Å²) in [6, 6.07) is 15.1. The number of β-amino-alcohol motifs (C(OH)–C–C–N with tert-alkyl or cyclic N) is 1. The van der Waals surface area contributed by atoms with Gasteiger partial charge in [-0.3, -0.25) is 0 Å². The van der Waals surface area contributed by atoms with Gasteiger partial charge in [0.15, 0.2) is 0 Å². The van der Waals surface area contributed by atoms with Crippen molar-refractivity contribution in [3.63, 3.8) is 0 Å². The molecule has 1 fully saturated rings. The smallest absolute Gasteiger partial charge is 0.115 e. The standard InChI is InChI=1S/C13H18ClNO.C7H8OS.Cr/c1-13(16)6-8-15(10-13)7-5-11-3-2-4-12(14)9-11;1-9-7-4-2-6(8)3-5-7;/h2-4,9,16H,5-8,10H2,1H3;2-5,8H,1H3;. The Kier molecular flexibility index (Phi) is 10.1. The summed E-state index contributed by atoms with van der Waals surface area (Å²) >= 11 is 7.60. The van der Waals surface area contributed by atoms with E-state index in [4.69, 9.17) is 16.7 Å². The molecule has 0 amide bonds. The van der Waals surface area contributed by atoms with Gasteiger partial charge in [0, 0.05) is 46.9 Å². The Labute approximate surface area is 176 Å². The SMILES string of the molecule is CC1(O)CCN(CCc2cccc(Cl)c2)C1.CSc1ccc(O)cc1.[Cr]. The fourth-order valence-corrected chi connectivity index (χ4v) is 3.41. The van der Waals surface area contributed by atoms with E-state index in [0.717, 1.165) is 37.5 Å². The molecule has 1 heterocycles. The average molecular weight is 432 g/mol. The Balaban J connectivity index is 0.000000290. The number of nitrogens with zero attached hydrogens (tertiary/aromatic N) is 1. The van der Waals surface area contributed by atoms with Crippen molar-refractivity contribution < 1.29 is 27.6 Å². The molecular weight excluding hydrogens is 406 g/mol. The van der Waals surface area contributed by atoms with Gasteiger partial charge in [0.1, 0.15) is 5.75 Å². The number of rotatable bonds is 4. The van der Waals surface area contributed by atoms with Gasteiger partial charge in [-0.05, 0) is 68.0 Å². The van der Waals surface area contributed by atoms with Crippen LogP contribution in [0.1, 0.15) is 18.9 Å². The molecule has 2 aromatic rings. The number of hydrogen-bond acceptors (Lipinski definition) is 4. The molecule has 1 saturated heterocycles. The average Bonchev–Trinajstić information content (AvgIpc) is 2.94. The van der Waals surface area contributed by atoms with Crippen molar-refractivity contribution in [2.75, 3.05) is 25.9 Å². The summed E-state index contributed by atoms with van der Waals surface area (Å²) in [6.07, 6.45) is 3.88. The van der Waals surface area contributed by atoms with Crippen molar-refractivity contribution in [1.29, 1.82) is 0 Å². The fourth-order valence-electron chi connectivity index (χ4n) is 2.79. The molecule has 1 unspecified atom stereocenters. The molecule has 1 aliphatic rings. The van der Waals surface area contributed by atoms with Crippen LogP contribution in [0.25, 0.3) is 0 Å². The van der Waals surface area contributed by atoms with Crippen LogP contribution >= 0.6 is 23.4 Å². The molecule has 0 radical (unpaired) electrons. The van der Waals surface area contributed by atoms with Crippen LogP contribution in [-0.2, 0) is 23.8 Å². The van der Waals surface area contributed by atoms with Crippen molar-refractivity contribution in [2.24, 2.45) is 0 Å². The minimum Gasteiger partial charge on any atom is -0.508 e. The van der Waals surface area contributed by atoms with Gasteiger partial charge in [-0.15, -0.1) is 11.8 Å². The predicted molar refractivity (Wildman–Crippen MR) is 107 cm³/mol. The van der Waals surface area contributed by atoms with Crippen LogP contribution in [0.15, 0.2) is 53.4 Å². The monoisotopic (exact) mass is 431 g/mol. The van der Waals surface area contributed by atoms with Crippen LogP contribution in [0.3, 0.4) is 0 Å². The van der Waals surface area contributed by atoms with Crippen molar-refractivity contribution >= 4 is 23.4 Å². The molecule has 26 heavy (non-hydrogen) atoms. The van der Waals surface area contributed by atoms with E-state index in [1.807, 2.05) is 43.5 Å². The zero-order valence-corrected chi connectivity index (χ0v) is 18.0. The number of halogens is 1. The first-order chi connectivity index (χ1) is 11.9. The second kappa shape index (κ2) is 11.2. The van der Waals surface area contributed by atoms with Crippen LogP contribution in [0.5, 0.6) is 5.75 Å². The summed E-state index contributed by atoms with van der Waals surface area (Å²) in [6.45, 7) is 4.68. The molecule has 3 rings (SSSR count). The quantitative estimate of drug-likeness (QED) is 0.702. The molecule has 0 bridgehead atoms. The van der Waals surface area contributed by atoms with Gasteiger partial charge in [0.2, 0.25) is 0 Å². The number of phenols is 1. The minimum absolute atomic E-state index is 0. The molecule has 6 heteroatoms. The van der Waals surface area contributed by atoms with Crippen LogP contribution < -0.4 is 0 Å². The molecule has 0 aliphatic carbocycles. The van der Waals surface area contributed by atoms with Crippen molar-refractivity contribution in [1.82, 2.24) is 4.90 Å². The normalized spacial score (nSPS) is 19.4. The van der Waals surface area contributed by atoms with Crippen molar-refractivity contribution in [3.05, 3.63) is 59.1 Å². The Morgan fingerprint density at radius 2 is 1.88 bits per heavy atom. The third-order valence-electron chi connectivity index (χ3n) is 4.21. The summed E-state index contributed by atoms with van der Waals surface area (Å²) in [5.41, 5.74) is 0.771. The number of benzene rings is 2. The van der Waals surface area contributed by atoms with E-state index in [1.54, 1.807) is 23.9 Å². The van der Waals surface area contributed by atoms with Gasteiger partial charge in [0.25, 0.3) is 0 Å². The van der Waals surface area contributed by atoms with Crippen LogP contribution in [-0.4, -0.2) is 46.6 Å². The van der Waals surface area contributed by atoms with Crippen molar-refractivity contribution in [2.45, 2.75) is 30.3 Å². The first kappa shape index (κ1) is 23.4. The van der Waals surface area contributed by atoms with E-state index in [2.05, 4.69) is 11.0 Å². The molecule has 142 valence electrons. The van der Waals surface area contributed by atoms with Gasteiger partial charge in [0.05, 0.1) is 5.60 Å². The summed E-state index contributed by atoms with van der Waals surface area (Å²) < 4.78 is 0. The molecule has 2 N–H and O–H groups in total. The number of phenolic OH excluding ortho intramolecular Hbond substituents is 1. The first-order valence-corrected chi connectivity index (χ1v) is 10.0. The maximum atomic E-state index is 9.84. The molecule has 1 atom stereocenters.